The van der Waals surface area contributed by atoms with Crippen molar-refractivity contribution in [1.29, 1.82) is 0 Å². The first kappa shape index (κ1) is 18.4. The van der Waals surface area contributed by atoms with E-state index in [2.05, 4.69) is 32.5 Å². The molecule has 2 aromatic carbocycles. The van der Waals surface area contributed by atoms with E-state index in [0.717, 1.165) is 17.8 Å². The molecule has 0 unspecified atom stereocenters. The molecule has 0 radical (unpaired) electrons. The van der Waals surface area contributed by atoms with E-state index in [4.69, 9.17) is 4.52 Å². The molecule has 6 heteroatoms. The highest BCUT2D eigenvalue weighted by molar-refractivity contribution is 6.04. The van der Waals surface area contributed by atoms with E-state index in [-0.39, 0.29) is 5.91 Å². The third kappa shape index (κ3) is 4.46. The molecule has 2 heterocycles. The summed E-state index contributed by atoms with van der Waals surface area (Å²) in [7, 11) is 0. The van der Waals surface area contributed by atoms with Gasteiger partial charge in [-0.2, -0.15) is 4.98 Å². The Kier molecular flexibility index (Phi) is 5.48. The van der Waals surface area contributed by atoms with Gasteiger partial charge in [0.1, 0.15) is 0 Å². The van der Waals surface area contributed by atoms with Gasteiger partial charge in [-0.1, -0.05) is 35.8 Å². The van der Waals surface area contributed by atoms with Crippen LogP contribution in [0.3, 0.4) is 0 Å². The number of nitrogens with zero attached hydrogens (tertiary/aromatic N) is 3. The lowest BCUT2D eigenvalue weighted by molar-refractivity contribution is 0.102. The zero-order valence-electron chi connectivity index (χ0n) is 16.0. The Morgan fingerprint density at radius 1 is 1.04 bits per heavy atom. The molecule has 1 aliphatic rings. The van der Waals surface area contributed by atoms with Crippen LogP contribution >= 0.6 is 0 Å². The van der Waals surface area contributed by atoms with Crippen LogP contribution in [0.5, 0.6) is 0 Å². The number of carbonyl (C=O) groups excluding carboxylic acids is 1. The van der Waals surface area contributed by atoms with E-state index in [9.17, 15) is 4.79 Å². The molecule has 1 aromatic heterocycles. The fourth-order valence-corrected chi connectivity index (χ4v) is 3.46. The Balaban J connectivity index is 1.36. The predicted octanol–water partition coefficient (Wildman–Crippen LogP) is 4.28. The van der Waals surface area contributed by atoms with Gasteiger partial charge in [-0.25, -0.2) is 0 Å². The number of rotatable bonds is 5. The predicted molar refractivity (Wildman–Crippen MR) is 108 cm³/mol. The van der Waals surface area contributed by atoms with E-state index < -0.39 is 0 Å². The van der Waals surface area contributed by atoms with Crippen molar-refractivity contribution < 1.29 is 9.32 Å². The monoisotopic (exact) mass is 376 g/mol. The number of nitrogens with one attached hydrogen (secondary N) is 1. The second-order valence-electron chi connectivity index (χ2n) is 7.20. The van der Waals surface area contributed by atoms with Crippen LogP contribution in [0.2, 0.25) is 0 Å². The molecule has 144 valence electrons. The molecule has 1 fully saturated rings. The first-order chi connectivity index (χ1) is 13.7. The van der Waals surface area contributed by atoms with E-state index in [1.54, 1.807) is 19.1 Å². The van der Waals surface area contributed by atoms with Crippen molar-refractivity contribution in [2.75, 3.05) is 18.4 Å². The van der Waals surface area contributed by atoms with Gasteiger partial charge in [0.15, 0.2) is 0 Å². The minimum Gasteiger partial charge on any atom is -0.339 e. The van der Waals surface area contributed by atoms with Crippen LogP contribution in [0.4, 0.5) is 5.69 Å². The number of aromatic nitrogens is 2. The highest BCUT2D eigenvalue weighted by Crippen LogP contribution is 2.18. The molecule has 1 saturated heterocycles. The Bertz CT molecular complexity index is 926. The Hall–Kier alpha value is -2.99. The molecule has 0 aliphatic carbocycles. The topological polar surface area (TPSA) is 71.3 Å². The number of aryl methyl sites for hydroxylation is 1. The molecule has 0 spiro atoms. The highest BCUT2D eigenvalue weighted by atomic mass is 16.5. The van der Waals surface area contributed by atoms with Crippen molar-refractivity contribution in [2.24, 2.45) is 0 Å². The minimum atomic E-state index is -0.139. The van der Waals surface area contributed by atoms with Gasteiger partial charge in [-0.05, 0) is 55.8 Å². The minimum absolute atomic E-state index is 0.139. The van der Waals surface area contributed by atoms with Gasteiger partial charge in [-0.3, -0.25) is 9.69 Å². The van der Waals surface area contributed by atoms with E-state index in [1.807, 2.05) is 24.3 Å². The summed E-state index contributed by atoms with van der Waals surface area (Å²) in [5, 5.41) is 6.84. The largest absolute Gasteiger partial charge is 0.339 e. The molecule has 1 aliphatic heterocycles. The molecule has 4 rings (SSSR count). The number of hydrogen-bond acceptors (Lipinski definition) is 5. The summed E-state index contributed by atoms with van der Waals surface area (Å²) in [5.41, 5.74) is 3.47. The summed E-state index contributed by atoms with van der Waals surface area (Å²) in [6.45, 7) is 5.08. The fraction of sp³-hybridized carbons (Fsp3) is 0.318. The number of benzene rings is 2. The van der Waals surface area contributed by atoms with E-state index in [1.165, 1.54) is 37.9 Å². The average Bonchev–Trinajstić information content (AvgIpc) is 3.17. The number of amides is 1. The van der Waals surface area contributed by atoms with Crippen molar-refractivity contribution in [3.63, 3.8) is 0 Å². The Labute approximate surface area is 164 Å². The van der Waals surface area contributed by atoms with Gasteiger partial charge >= 0.3 is 0 Å². The van der Waals surface area contributed by atoms with Crippen LogP contribution in [0.25, 0.3) is 11.4 Å². The van der Waals surface area contributed by atoms with Crippen LogP contribution in [-0.2, 0) is 6.54 Å². The van der Waals surface area contributed by atoms with Gasteiger partial charge < -0.3 is 9.84 Å². The Morgan fingerprint density at radius 2 is 1.75 bits per heavy atom. The van der Waals surface area contributed by atoms with Gasteiger partial charge in [0, 0.05) is 30.3 Å². The van der Waals surface area contributed by atoms with E-state index in [0.29, 0.717) is 17.3 Å². The molecule has 1 N–H and O–H groups in total. The van der Waals surface area contributed by atoms with Crippen LogP contribution in [0.15, 0.2) is 53.1 Å². The molecule has 6 nitrogen and oxygen atoms in total. The molecule has 28 heavy (non-hydrogen) atoms. The number of carbonyl (C=O) groups is 1. The standard InChI is InChI=1S/C22H24N4O2/c1-16-23-21(25-28-16)18-7-9-19(10-8-18)22(27)24-20-11-5-17(6-12-20)15-26-13-3-2-4-14-26/h5-12H,2-4,13-15H2,1H3,(H,24,27). The van der Waals surface area contributed by atoms with E-state index >= 15 is 0 Å². The highest BCUT2D eigenvalue weighted by Gasteiger charge is 2.11. The van der Waals surface area contributed by atoms with Gasteiger partial charge in [-0.15, -0.1) is 0 Å². The maximum atomic E-state index is 12.5. The van der Waals surface area contributed by atoms with Crippen molar-refractivity contribution >= 4 is 11.6 Å². The summed E-state index contributed by atoms with van der Waals surface area (Å²) < 4.78 is 4.99. The third-order valence-electron chi connectivity index (χ3n) is 5.00. The summed E-state index contributed by atoms with van der Waals surface area (Å²) in [4.78, 5) is 19.2. The maximum absolute atomic E-state index is 12.5. The smallest absolute Gasteiger partial charge is 0.255 e. The first-order valence-electron chi connectivity index (χ1n) is 9.71. The van der Waals surface area contributed by atoms with Crippen molar-refractivity contribution in [2.45, 2.75) is 32.7 Å². The van der Waals surface area contributed by atoms with Gasteiger partial charge in [0.2, 0.25) is 11.7 Å². The van der Waals surface area contributed by atoms with Crippen LogP contribution < -0.4 is 5.32 Å². The summed E-state index contributed by atoms with van der Waals surface area (Å²) in [6, 6.07) is 15.3. The zero-order chi connectivity index (χ0) is 19.3. The van der Waals surface area contributed by atoms with Crippen LogP contribution in [0, 0.1) is 6.92 Å². The number of likely N-dealkylation sites (tertiary alicyclic amines) is 1. The summed E-state index contributed by atoms with van der Waals surface area (Å²) in [5.74, 6) is 0.897. The normalized spacial score (nSPS) is 14.8. The SMILES string of the molecule is Cc1nc(-c2ccc(C(=O)Nc3ccc(CN4CCCCC4)cc3)cc2)no1. The molecule has 0 saturated carbocycles. The number of anilines is 1. The maximum Gasteiger partial charge on any atom is 0.255 e. The van der Waals surface area contributed by atoms with Gasteiger partial charge in [0.25, 0.3) is 5.91 Å². The second kappa shape index (κ2) is 8.35. The van der Waals surface area contributed by atoms with Crippen LogP contribution in [0.1, 0.15) is 41.1 Å². The lowest BCUT2D eigenvalue weighted by atomic mass is 10.1. The number of hydrogen-bond donors (Lipinski definition) is 1. The molecule has 1 amide bonds. The number of piperidine rings is 1. The van der Waals surface area contributed by atoms with Crippen LogP contribution in [-0.4, -0.2) is 34.0 Å². The van der Waals surface area contributed by atoms with Gasteiger partial charge in [0.05, 0.1) is 0 Å². The molecule has 3 aromatic rings. The lowest BCUT2D eigenvalue weighted by Crippen LogP contribution is -2.29. The molecular weight excluding hydrogens is 352 g/mol. The summed E-state index contributed by atoms with van der Waals surface area (Å²) >= 11 is 0. The first-order valence-corrected chi connectivity index (χ1v) is 9.71. The molecule has 0 bridgehead atoms. The molecular formula is C22H24N4O2. The zero-order valence-corrected chi connectivity index (χ0v) is 16.0. The third-order valence-corrected chi connectivity index (χ3v) is 5.00. The quantitative estimate of drug-likeness (QED) is 0.719. The average molecular weight is 376 g/mol. The van der Waals surface area contributed by atoms with Crippen molar-refractivity contribution in [1.82, 2.24) is 15.0 Å². The Morgan fingerprint density at radius 3 is 2.39 bits per heavy atom. The second-order valence-corrected chi connectivity index (χ2v) is 7.20. The van der Waals surface area contributed by atoms with Crippen molar-refractivity contribution in [3.05, 3.63) is 65.5 Å². The summed E-state index contributed by atoms with van der Waals surface area (Å²) in [6.07, 6.45) is 3.93. The van der Waals surface area contributed by atoms with Crippen molar-refractivity contribution in [3.8, 4) is 11.4 Å². The fourth-order valence-electron chi connectivity index (χ4n) is 3.46. The lowest BCUT2D eigenvalue weighted by Gasteiger charge is -2.26. The molecule has 0 atom stereocenters.